The number of aromatic hydroxyl groups is 1. The molecule has 2 aromatic carbocycles. The maximum absolute atomic E-state index is 10.5. The van der Waals surface area contributed by atoms with Crippen LogP contribution in [0, 0.1) is 0 Å². The molecule has 2 N–H and O–H groups in total. The van der Waals surface area contributed by atoms with Gasteiger partial charge in [0.15, 0.2) is 11.5 Å². The van der Waals surface area contributed by atoms with Gasteiger partial charge in [-0.2, -0.15) is 0 Å². The number of benzene rings is 2. The normalized spacial score (nSPS) is 17.1. The highest BCUT2D eigenvalue weighted by Crippen LogP contribution is 2.47. The number of fused-ring (bicyclic) bond motifs is 7. The Morgan fingerprint density at radius 2 is 1.77 bits per heavy atom. The summed E-state index contributed by atoms with van der Waals surface area (Å²) in [5.74, 6) is 1.50. The molecule has 0 fully saturated rings. The second-order valence-electron chi connectivity index (χ2n) is 6.30. The standard InChI is InChI=1S/C21H24O5/c1-24-20-15-5-3-4-6-16(22)10-7-14-8-11-17(12-9-14)26-18(13-15)21(25-2)19(20)23/h3,5,8-9,11-13,16,22-23H,4,6-7,10H2,1-2H3. The molecule has 1 unspecified atom stereocenters. The van der Waals surface area contributed by atoms with Gasteiger partial charge in [-0.25, -0.2) is 0 Å². The third kappa shape index (κ3) is 3.94. The number of aliphatic hydroxyl groups excluding tert-OH is 1. The van der Waals surface area contributed by atoms with Gasteiger partial charge in [-0.15, -0.1) is 0 Å². The van der Waals surface area contributed by atoms with E-state index < -0.39 is 0 Å². The van der Waals surface area contributed by atoms with Crippen LogP contribution in [0.25, 0.3) is 6.08 Å². The number of rotatable bonds is 2. The molecule has 0 saturated carbocycles. The third-order valence-corrected chi connectivity index (χ3v) is 4.49. The topological polar surface area (TPSA) is 68.2 Å². The van der Waals surface area contributed by atoms with Gasteiger partial charge in [0.2, 0.25) is 11.5 Å². The number of methoxy groups -OCH3 is 2. The zero-order chi connectivity index (χ0) is 18.5. The van der Waals surface area contributed by atoms with Crippen LogP contribution in [0.5, 0.6) is 28.7 Å². The summed E-state index contributed by atoms with van der Waals surface area (Å²) in [7, 11) is 2.97. The van der Waals surface area contributed by atoms with Crippen molar-refractivity contribution in [1.82, 2.24) is 0 Å². The first-order chi connectivity index (χ1) is 12.6. The van der Waals surface area contributed by atoms with E-state index in [0.29, 0.717) is 29.2 Å². The molecule has 4 bridgehead atoms. The fourth-order valence-corrected chi connectivity index (χ4v) is 3.07. The molecule has 0 radical (unpaired) electrons. The van der Waals surface area contributed by atoms with Gasteiger partial charge < -0.3 is 24.4 Å². The molecule has 1 atom stereocenters. The van der Waals surface area contributed by atoms with Gasteiger partial charge in [-0.1, -0.05) is 24.3 Å². The third-order valence-electron chi connectivity index (χ3n) is 4.49. The number of aryl methyl sites for hydroxylation is 1. The Hall–Kier alpha value is -2.66. The minimum absolute atomic E-state index is 0.104. The van der Waals surface area contributed by atoms with Gasteiger partial charge in [0, 0.05) is 5.56 Å². The molecular formula is C21H24O5. The molecule has 0 amide bonds. The van der Waals surface area contributed by atoms with Gasteiger partial charge in [-0.05, 0) is 49.4 Å². The van der Waals surface area contributed by atoms with Gasteiger partial charge in [0.1, 0.15) is 5.75 Å². The first-order valence-corrected chi connectivity index (χ1v) is 8.71. The number of phenols is 1. The predicted octanol–water partition coefficient (Wildman–Crippen LogP) is 4.30. The van der Waals surface area contributed by atoms with Crippen molar-refractivity contribution in [3.05, 3.63) is 47.5 Å². The first kappa shape index (κ1) is 18.1. The molecule has 2 aromatic rings. The van der Waals surface area contributed by atoms with Crippen molar-refractivity contribution in [1.29, 1.82) is 0 Å². The SMILES string of the molecule is COc1c2cc(c(OC)c1O)Oc1ccc(cc1)CCC(O)CCC=C2. The highest BCUT2D eigenvalue weighted by Gasteiger charge is 2.20. The predicted molar refractivity (Wildman–Crippen MR) is 100 cm³/mol. The molecule has 138 valence electrons. The summed E-state index contributed by atoms with van der Waals surface area (Å²) < 4.78 is 16.6. The molecule has 26 heavy (non-hydrogen) atoms. The number of hydrogen-bond donors (Lipinski definition) is 2. The fourth-order valence-electron chi connectivity index (χ4n) is 3.07. The van der Waals surface area contributed by atoms with Gasteiger partial charge in [0.05, 0.1) is 20.3 Å². The fraction of sp³-hybridized carbons (Fsp3) is 0.333. The van der Waals surface area contributed by atoms with E-state index in [4.69, 9.17) is 14.2 Å². The van der Waals surface area contributed by atoms with Crippen molar-refractivity contribution in [3.63, 3.8) is 0 Å². The summed E-state index contributed by atoms with van der Waals surface area (Å²) >= 11 is 0. The zero-order valence-corrected chi connectivity index (χ0v) is 15.1. The average molecular weight is 356 g/mol. The summed E-state index contributed by atoms with van der Waals surface area (Å²) in [4.78, 5) is 0. The molecule has 0 aliphatic carbocycles. The number of allylic oxidation sites excluding steroid dienone is 1. The minimum Gasteiger partial charge on any atom is -0.502 e. The Morgan fingerprint density at radius 3 is 2.46 bits per heavy atom. The Balaban J connectivity index is 2.07. The van der Waals surface area contributed by atoms with Crippen LogP contribution in [-0.2, 0) is 6.42 Å². The highest BCUT2D eigenvalue weighted by molar-refractivity contribution is 5.70. The summed E-state index contributed by atoms with van der Waals surface area (Å²) in [6.07, 6.45) is 6.43. The van der Waals surface area contributed by atoms with Crippen LogP contribution in [0.3, 0.4) is 0 Å². The van der Waals surface area contributed by atoms with Crippen LogP contribution in [-0.4, -0.2) is 30.5 Å². The molecule has 0 saturated heterocycles. The van der Waals surface area contributed by atoms with E-state index in [1.165, 1.54) is 14.2 Å². The van der Waals surface area contributed by atoms with Gasteiger partial charge in [0.25, 0.3) is 0 Å². The van der Waals surface area contributed by atoms with E-state index in [1.54, 1.807) is 6.07 Å². The van der Waals surface area contributed by atoms with E-state index in [-0.39, 0.29) is 17.6 Å². The number of ether oxygens (including phenoxy) is 3. The van der Waals surface area contributed by atoms with Crippen molar-refractivity contribution < 1.29 is 24.4 Å². The van der Waals surface area contributed by atoms with Crippen molar-refractivity contribution in [2.75, 3.05) is 14.2 Å². The summed E-state index contributed by atoms with van der Waals surface area (Å²) in [5.41, 5.74) is 1.83. The average Bonchev–Trinajstić information content (AvgIpc) is 2.65. The molecule has 2 heterocycles. The molecule has 2 aliphatic heterocycles. The van der Waals surface area contributed by atoms with E-state index >= 15 is 0 Å². The van der Waals surface area contributed by atoms with Crippen LogP contribution in [0.2, 0.25) is 0 Å². The van der Waals surface area contributed by atoms with Crippen LogP contribution >= 0.6 is 0 Å². The Bertz CT molecular complexity index is 780. The molecule has 2 aliphatic rings. The maximum atomic E-state index is 10.5. The second-order valence-corrected chi connectivity index (χ2v) is 6.30. The highest BCUT2D eigenvalue weighted by atomic mass is 16.5. The molecule has 0 spiro atoms. The first-order valence-electron chi connectivity index (χ1n) is 8.71. The lowest BCUT2D eigenvalue weighted by Crippen LogP contribution is -2.07. The lowest BCUT2D eigenvalue weighted by Gasteiger charge is -2.16. The monoisotopic (exact) mass is 356 g/mol. The smallest absolute Gasteiger partial charge is 0.207 e. The lowest BCUT2D eigenvalue weighted by molar-refractivity contribution is 0.156. The molecule has 4 rings (SSSR count). The number of aliphatic hydroxyl groups is 1. The van der Waals surface area contributed by atoms with Crippen molar-refractivity contribution >= 4 is 6.08 Å². The maximum Gasteiger partial charge on any atom is 0.207 e. The quantitative estimate of drug-likeness (QED) is 0.840. The molecule has 5 nitrogen and oxygen atoms in total. The van der Waals surface area contributed by atoms with Crippen LogP contribution in [0.4, 0.5) is 0 Å². The lowest BCUT2D eigenvalue weighted by atomic mass is 10.0. The van der Waals surface area contributed by atoms with Crippen molar-refractivity contribution in [2.24, 2.45) is 0 Å². The molecular weight excluding hydrogens is 332 g/mol. The summed E-state index contributed by atoms with van der Waals surface area (Å²) in [6, 6.07) is 9.49. The van der Waals surface area contributed by atoms with Crippen LogP contribution in [0.15, 0.2) is 36.4 Å². The Morgan fingerprint density at radius 1 is 1.04 bits per heavy atom. The summed E-state index contributed by atoms with van der Waals surface area (Å²) in [5, 5.41) is 20.7. The zero-order valence-electron chi connectivity index (χ0n) is 15.1. The van der Waals surface area contributed by atoms with Gasteiger partial charge in [-0.3, -0.25) is 0 Å². The molecule has 0 aromatic heterocycles. The van der Waals surface area contributed by atoms with E-state index in [2.05, 4.69) is 0 Å². The van der Waals surface area contributed by atoms with Crippen LogP contribution in [0.1, 0.15) is 30.4 Å². The van der Waals surface area contributed by atoms with E-state index in [9.17, 15) is 10.2 Å². The Kier molecular flexibility index (Phi) is 5.68. The number of phenolic OH excluding ortho intramolecular Hbond substituents is 1. The summed E-state index contributed by atoms with van der Waals surface area (Å²) in [6.45, 7) is 0. The van der Waals surface area contributed by atoms with Crippen LogP contribution < -0.4 is 14.2 Å². The van der Waals surface area contributed by atoms with Crippen molar-refractivity contribution in [3.8, 4) is 28.7 Å². The second kappa shape index (κ2) is 8.15. The minimum atomic E-state index is -0.345. The number of hydrogen-bond acceptors (Lipinski definition) is 5. The Labute approximate surface area is 153 Å². The largest absolute Gasteiger partial charge is 0.502 e. The van der Waals surface area contributed by atoms with E-state index in [1.807, 2.05) is 36.4 Å². The van der Waals surface area contributed by atoms with Crippen molar-refractivity contribution in [2.45, 2.75) is 31.8 Å². The molecule has 5 heteroatoms. The van der Waals surface area contributed by atoms with Gasteiger partial charge >= 0.3 is 0 Å². The van der Waals surface area contributed by atoms with E-state index in [0.717, 1.165) is 24.8 Å².